The first kappa shape index (κ1) is 32.5. The van der Waals surface area contributed by atoms with Gasteiger partial charge in [0, 0.05) is 18.7 Å². The van der Waals surface area contributed by atoms with Gasteiger partial charge in [-0.05, 0) is 56.5 Å². The molecule has 42 heavy (non-hydrogen) atoms. The van der Waals surface area contributed by atoms with Gasteiger partial charge < -0.3 is 19.7 Å². The van der Waals surface area contributed by atoms with Gasteiger partial charge in [-0.1, -0.05) is 61.9 Å². The molecule has 0 radical (unpaired) electrons. The largest absolute Gasteiger partial charge is 0.493 e. The third kappa shape index (κ3) is 7.82. The Kier molecular flexibility index (Phi) is 11.4. The minimum atomic E-state index is -4.25. The van der Waals surface area contributed by atoms with Gasteiger partial charge in [0.15, 0.2) is 11.5 Å². The Morgan fingerprint density at radius 3 is 2.10 bits per heavy atom. The zero-order valence-electron chi connectivity index (χ0n) is 25.2. The predicted molar refractivity (Wildman–Crippen MR) is 164 cm³/mol. The number of sulfonamides is 1. The van der Waals surface area contributed by atoms with Gasteiger partial charge in [0.05, 0.1) is 24.8 Å². The fraction of sp³-hybridized carbons (Fsp3) is 0.375. The smallest absolute Gasteiger partial charge is 0.264 e. The molecule has 10 heteroatoms. The number of nitrogens with zero attached hydrogens (tertiary/aromatic N) is 2. The van der Waals surface area contributed by atoms with Gasteiger partial charge in [-0.25, -0.2) is 8.42 Å². The molecule has 0 fully saturated rings. The highest BCUT2D eigenvalue weighted by atomic mass is 32.2. The van der Waals surface area contributed by atoms with Crippen LogP contribution < -0.4 is 19.1 Å². The van der Waals surface area contributed by atoms with E-state index in [-0.39, 0.29) is 29.1 Å². The van der Waals surface area contributed by atoms with Gasteiger partial charge in [-0.3, -0.25) is 13.9 Å². The highest BCUT2D eigenvalue weighted by molar-refractivity contribution is 7.92. The van der Waals surface area contributed by atoms with E-state index >= 15 is 0 Å². The van der Waals surface area contributed by atoms with Crippen molar-refractivity contribution in [2.75, 3.05) is 25.1 Å². The molecule has 0 aliphatic carbocycles. The van der Waals surface area contributed by atoms with Crippen LogP contribution in [0.25, 0.3) is 0 Å². The molecule has 0 aliphatic heterocycles. The summed E-state index contributed by atoms with van der Waals surface area (Å²) in [6.45, 7) is 7.24. The van der Waals surface area contributed by atoms with E-state index in [4.69, 9.17) is 9.47 Å². The molecule has 0 bridgehead atoms. The van der Waals surface area contributed by atoms with Crippen molar-refractivity contribution in [1.82, 2.24) is 10.2 Å². The molecule has 0 spiro atoms. The first-order valence-electron chi connectivity index (χ1n) is 14.0. The Hall–Kier alpha value is -4.05. The number of methoxy groups -OCH3 is 2. The summed E-state index contributed by atoms with van der Waals surface area (Å²) in [6, 6.07) is 19.7. The van der Waals surface area contributed by atoms with Crippen LogP contribution >= 0.6 is 0 Å². The van der Waals surface area contributed by atoms with Gasteiger partial charge in [0.1, 0.15) is 12.6 Å². The maximum Gasteiger partial charge on any atom is 0.264 e. The summed E-state index contributed by atoms with van der Waals surface area (Å²) in [4.78, 5) is 28.9. The average Bonchev–Trinajstić information content (AvgIpc) is 3.00. The van der Waals surface area contributed by atoms with E-state index in [0.717, 1.165) is 21.9 Å². The van der Waals surface area contributed by atoms with Crippen LogP contribution in [-0.4, -0.2) is 58.0 Å². The van der Waals surface area contributed by atoms with Crippen molar-refractivity contribution < 1.29 is 27.5 Å². The lowest BCUT2D eigenvalue weighted by Gasteiger charge is -2.33. The van der Waals surface area contributed by atoms with Crippen LogP contribution in [0.4, 0.5) is 5.69 Å². The number of amides is 2. The maximum absolute atomic E-state index is 14.2. The van der Waals surface area contributed by atoms with E-state index in [0.29, 0.717) is 17.9 Å². The van der Waals surface area contributed by atoms with Crippen molar-refractivity contribution >= 4 is 27.5 Å². The molecule has 2 amide bonds. The first-order chi connectivity index (χ1) is 20.0. The molecule has 0 unspecified atom stereocenters. The summed E-state index contributed by atoms with van der Waals surface area (Å²) in [5.41, 5.74) is 2.08. The second-order valence-corrected chi connectivity index (χ2v) is 12.0. The molecule has 0 aromatic heterocycles. The average molecular weight is 596 g/mol. The zero-order chi connectivity index (χ0) is 30.9. The fourth-order valence-corrected chi connectivity index (χ4v) is 5.91. The number of carbonyl (C=O) groups excluding carboxylic acids is 2. The van der Waals surface area contributed by atoms with Crippen LogP contribution in [-0.2, 0) is 26.2 Å². The van der Waals surface area contributed by atoms with Crippen molar-refractivity contribution in [3.8, 4) is 11.5 Å². The summed E-state index contributed by atoms with van der Waals surface area (Å²) < 4.78 is 40.0. The van der Waals surface area contributed by atoms with Crippen molar-refractivity contribution in [2.24, 2.45) is 0 Å². The van der Waals surface area contributed by atoms with E-state index in [2.05, 4.69) is 5.32 Å². The third-order valence-electron chi connectivity index (χ3n) is 7.13. The predicted octanol–water partition coefficient (Wildman–Crippen LogP) is 4.93. The summed E-state index contributed by atoms with van der Waals surface area (Å²) in [6.07, 6.45) is 1.09. The fourth-order valence-electron chi connectivity index (χ4n) is 4.48. The van der Waals surface area contributed by atoms with E-state index in [1.807, 2.05) is 58.0 Å². The van der Waals surface area contributed by atoms with Crippen LogP contribution in [0, 0.1) is 6.92 Å². The standard InChI is InChI=1S/C32H41N3O6S/c1-7-24(4)33-32(37)28(8-2)34(21-25-12-10-9-11-13-25)31(36)22-35(26-16-14-23(3)15-17-26)42(38,39)27-18-19-29(40-5)30(20-27)41-6/h9-20,24,28H,7-8,21-22H2,1-6H3,(H,33,37)/t24-,28-/m0/s1. The quantitative estimate of drug-likeness (QED) is 0.283. The lowest BCUT2D eigenvalue weighted by molar-refractivity contribution is -0.140. The lowest BCUT2D eigenvalue weighted by Crippen LogP contribution is -2.53. The van der Waals surface area contributed by atoms with Crippen molar-refractivity contribution in [3.05, 3.63) is 83.9 Å². The minimum absolute atomic E-state index is 0.0651. The summed E-state index contributed by atoms with van der Waals surface area (Å²) >= 11 is 0. The summed E-state index contributed by atoms with van der Waals surface area (Å²) in [5.74, 6) is -0.163. The van der Waals surface area contributed by atoms with E-state index in [1.54, 1.807) is 24.3 Å². The van der Waals surface area contributed by atoms with E-state index < -0.39 is 28.5 Å². The van der Waals surface area contributed by atoms with Gasteiger partial charge in [0.25, 0.3) is 10.0 Å². The Labute approximate surface area is 249 Å². The number of benzene rings is 3. The molecule has 0 aliphatic rings. The number of anilines is 1. The zero-order valence-corrected chi connectivity index (χ0v) is 26.0. The topological polar surface area (TPSA) is 105 Å². The SMILES string of the molecule is CC[C@H](C)NC(=O)[C@H](CC)N(Cc1ccccc1)C(=O)CN(c1ccc(C)cc1)S(=O)(=O)c1ccc(OC)c(OC)c1. The van der Waals surface area contributed by atoms with E-state index in [9.17, 15) is 18.0 Å². The minimum Gasteiger partial charge on any atom is -0.493 e. The molecule has 226 valence electrons. The third-order valence-corrected chi connectivity index (χ3v) is 8.90. The number of nitrogens with one attached hydrogen (secondary N) is 1. The molecule has 0 heterocycles. The summed E-state index contributed by atoms with van der Waals surface area (Å²) in [5, 5.41) is 2.98. The number of hydrogen-bond donors (Lipinski definition) is 1. The molecular weight excluding hydrogens is 554 g/mol. The van der Waals surface area contributed by atoms with Gasteiger partial charge in [0.2, 0.25) is 11.8 Å². The van der Waals surface area contributed by atoms with Gasteiger partial charge in [-0.15, -0.1) is 0 Å². The molecule has 0 saturated carbocycles. The second kappa shape index (κ2) is 14.7. The number of hydrogen-bond acceptors (Lipinski definition) is 6. The Morgan fingerprint density at radius 2 is 1.52 bits per heavy atom. The first-order valence-corrected chi connectivity index (χ1v) is 15.4. The molecule has 1 N–H and O–H groups in total. The molecule has 3 aromatic carbocycles. The number of aryl methyl sites for hydroxylation is 1. The van der Waals surface area contributed by atoms with Crippen LogP contribution in [0.5, 0.6) is 11.5 Å². The van der Waals surface area contributed by atoms with Gasteiger partial charge >= 0.3 is 0 Å². The van der Waals surface area contributed by atoms with Crippen LogP contribution in [0.2, 0.25) is 0 Å². The van der Waals surface area contributed by atoms with Crippen molar-refractivity contribution in [3.63, 3.8) is 0 Å². The molecule has 2 atom stereocenters. The molecular formula is C32H41N3O6S. The van der Waals surface area contributed by atoms with Crippen LogP contribution in [0.1, 0.15) is 44.7 Å². The Morgan fingerprint density at radius 1 is 0.881 bits per heavy atom. The highest BCUT2D eigenvalue weighted by Gasteiger charge is 2.34. The second-order valence-electron chi connectivity index (χ2n) is 10.1. The monoisotopic (exact) mass is 595 g/mol. The van der Waals surface area contributed by atoms with Gasteiger partial charge in [-0.2, -0.15) is 0 Å². The molecule has 0 saturated heterocycles. The molecule has 3 rings (SSSR count). The Bertz CT molecular complexity index is 1440. The lowest BCUT2D eigenvalue weighted by atomic mass is 10.1. The van der Waals surface area contributed by atoms with Crippen molar-refractivity contribution in [2.45, 2.75) is 64.1 Å². The maximum atomic E-state index is 14.2. The summed E-state index contributed by atoms with van der Waals surface area (Å²) in [7, 11) is -1.36. The van der Waals surface area contributed by atoms with Crippen LogP contribution in [0.3, 0.4) is 0 Å². The molecule has 3 aromatic rings. The van der Waals surface area contributed by atoms with E-state index in [1.165, 1.54) is 37.3 Å². The number of ether oxygens (including phenoxy) is 2. The normalized spacial score (nSPS) is 12.6. The van der Waals surface area contributed by atoms with Crippen molar-refractivity contribution in [1.29, 1.82) is 0 Å². The van der Waals surface area contributed by atoms with Crippen LogP contribution in [0.15, 0.2) is 77.7 Å². The number of carbonyl (C=O) groups is 2. The molecule has 9 nitrogen and oxygen atoms in total. The number of rotatable bonds is 14. The highest BCUT2D eigenvalue weighted by Crippen LogP contribution is 2.32. The Balaban J connectivity index is 2.08.